The van der Waals surface area contributed by atoms with E-state index in [4.69, 9.17) is 4.98 Å². The number of unbranched alkanes of at least 4 members (excludes halogenated alkanes) is 2. The lowest BCUT2D eigenvalue weighted by Gasteiger charge is -2.36. The Hall–Kier alpha value is -3.61. The van der Waals surface area contributed by atoms with Crippen LogP contribution in [-0.2, 0) is 0 Å². The Bertz CT molecular complexity index is 1560. The highest BCUT2D eigenvalue weighted by atomic mass is 32.2. The van der Waals surface area contributed by atoms with E-state index in [1.807, 2.05) is 30.4 Å². The molecule has 40 heavy (non-hydrogen) atoms. The summed E-state index contributed by atoms with van der Waals surface area (Å²) in [6.45, 7) is 4.62. The minimum absolute atomic E-state index is 0.890. The van der Waals surface area contributed by atoms with Gasteiger partial charge in [-0.3, -0.25) is 4.98 Å². The first-order valence-corrected chi connectivity index (χ1v) is 17.7. The second kappa shape index (κ2) is 11.9. The van der Waals surface area contributed by atoms with E-state index in [2.05, 4.69) is 114 Å². The maximum atomic E-state index is 5.02. The van der Waals surface area contributed by atoms with E-state index in [9.17, 15) is 0 Å². The highest BCUT2D eigenvalue weighted by molar-refractivity contribution is 7.99. The number of rotatable bonds is 10. The van der Waals surface area contributed by atoms with Gasteiger partial charge in [-0.05, 0) is 66.7 Å². The average Bonchev–Trinajstić information content (AvgIpc) is 3.56. The minimum Gasteiger partial charge on any atom is -0.345 e. The van der Waals surface area contributed by atoms with Gasteiger partial charge in [0.25, 0.3) is 0 Å². The largest absolute Gasteiger partial charge is 0.345 e. The fourth-order valence-electron chi connectivity index (χ4n) is 5.97. The third kappa shape index (κ3) is 5.02. The van der Waals surface area contributed by atoms with Crippen molar-refractivity contribution in [2.75, 3.05) is 4.90 Å². The second-order valence-electron chi connectivity index (χ2n) is 10.6. The zero-order valence-electron chi connectivity index (χ0n) is 23.3. The lowest BCUT2D eigenvalue weighted by Crippen LogP contribution is -2.59. The molecule has 3 heterocycles. The third-order valence-corrected chi connectivity index (χ3v) is 14.3. The zero-order valence-corrected chi connectivity index (χ0v) is 25.1. The number of imidazole rings is 1. The van der Waals surface area contributed by atoms with Gasteiger partial charge in [-0.1, -0.05) is 86.8 Å². The van der Waals surface area contributed by atoms with Gasteiger partial charge in [-0.25, -0.2) is 4.98 Å². The molecule has 0 saturated carbocycles. The highest BCUT2D eigenvalue weighted by Gasteiger charge is 2.38. The van der Waals surface area contributed by atoms with E-state index in [-0.39, 0.29) is 0 Å². The van der Waals surface area contributed by atoms with Gasteiger partial charge in [-0.15, -0.1) is 0 Å². The van der Waals surface area contributed by atoms with Crippen molar-refractivity contribution in [2.45, 2.75) is 61.4 Å². The zero-order chi connectivity index (χ0) is 27.4. The minimum atomic E-state index is -2.08. The summed E-state index contributed by atoms with van der Waals surface area (Å²) in [5.74, 6) is 0.890. The summed E-state index contributed by atoms with van der Waals surface area (Å²) in [6.07, 6.45) is 10.6. The molecule has 0 radical (unpaired) electrons. The van der Waals surface area contributed by atoms with Crippen molar-refractivity contribution >= 4 is 47.4 Å². The van der Waals surface area contributed by atoms with Crippen LogP contribution in [0.15, 0.2) is 113 Å². The summed E-state index contributed by atoms with van der Waals surface area (Å²) in [5, 5.41) is 2.81. The maximum Gasteiger partial charge on any atom is 0.141 e. The van der Waals surface area contributed by atoms with Crippen molar-refractivity contribution in [1.29, 1.82) is 0 Å². The topological polar surface area (TPSA) is 44.8 Å². The molecule has 1 aliphatic rings. The molecule has 3 aromatic carbocycles. The number of anilines is 3. The first-order chi connectivity index (χ1) is 19.7. The van der Waals surface area contributed by atoms with Gasteiger partial charge in [0.1, 0.15) is 13.9 Å². The molecule has 1 N–H and O–H groups in total. The maximum absolute atomic E-state index is 5.02. The van der Waals surface area contributed by atoms with E-state index in [1.54, 1.807) is 0 Å². The standard InChI is InChI=1S/C34H36N4SSi/c1-3-5-22-40(23-6-4-2,33-16-9-10-19-35-33)28-13-11-12-27(25-28)38-29-14-7-8-15-31(29)39-32-18-17-26(24-30(32)38)34-36-20-21-37-34/h7-21,24-25H,3-6,22-23H2,1-2H3,(H,36,37). The van der Waals surface area contributed by atoms with Gasteiger partial charge in [0.05, 0.1) is 11.4 Å². The summed E-state index contributed by atoms with van der Waals surface area (Å²) in [4.78, 5) is 17.8. The summed E-state index contributed by atoms with van der Waals surface area (Å²) in [5.41, 5.74) is 4.72. The fraction of sp³-hybridized carbons (Fsp3) is 0.235. The van der Waals surface area contributed by atoms with Gasteiger partial charge in [0.2, 0.25) is 0 Å². The van der Waals surface area contributed by atoms with Gasteiger partial charge in [0, 0.05) is 44.9 Å². The van der Waals surface area contributed by atoms with Crippen molar-refractivity contribution in [2.24, 2.45) is 0 Å². The lowest BCUT2D eigenvalue weighted by atomic mass is 10.1. The van der Waals surface area contributed by atoms with Gasteiger partial charge in [-0.2, -0.15) is 0 Å². The van der Waals surface area contributed by atoms with E-state index in [0.29, 0.717) is 0 Å². The number of aromatic nitrogens is 3. The van der Waals surface area contributed by atoms with Crippen molar-refractivity contribution < 1.29 is 0 Å². The molecule has 0 bridgehead atoms. The Morgan fingerprint density at radius 3 is 2.30 bits per heavy atom. The van der Waals surface area contributed by atoms with Crippen molar-refractivity contribution in [3.8, 4) is 11.4 Å². The molecule has 0 unspecified atom stereocenters. The second-order valence-corrected chi connectivity index (χ2v) is 15.9. The summed E-state index contributed by atoms with van der Waals surface area (Å²) in [6, 6.07) is 33.9. The third-order valence-electron chi connectivity index (χ3n) is 8.02. The molecule has 0 spiro atoms. The molecule has 0 saturated heterocycles. The van der Waals surface area contributed by atoms with Crippen LogP contribution in [0.4, 0.5) is 17.1 Å². The van der Waals surface area contributed by atoms with Crippen LogP contribution in [0.3, 0.4) is 0 Å². The molecular weight excluding hydrogens is 525 g/mol. The summed E-state index contributed by atoms with van der Waals surface area (Å²) < 4.78 is 0. The van der Waals surface area contributed by atoms with Gasteiger partial charge in [0.15, 0.2) is 0 Å². The van der Waals surface area contributed by atoms with Crippen LogP contribution in [-0.4, -0.2) is 23.0 Å². The molecule has 0 atom stereocenters. The lowest BCUT2D eigenvalue weighted by molar-refractivity contribution is 0.836. The number of nitrogens with one attached hydrogen (secondary N) is 1. The number of benzene rings is 3. The van der Waals surface area contributed by atoms with Crippen LogP contribution in [0.5, 0.6) is 0 Å². The van der Waals surface area contributed by atoms with Crippen molar-refractivity contribution in [1.82, 2.24) is 15.0 Å². The molecule has 0 amide bonds. The molecule has 0 aliphatic carbocycles. The van der Waals surface area contributed by atoms with Crippen LogP contribution in [0, 0.1) is 0 Å². The quantitative estimate of drug-likeness (QED) is 0.170. The number of nitrogens with zero attached hydrogens (tertiary/aromatic N) is 3. The Balaban J connectivity index is 1.52. The molecule has 2 aromatic heterocycles. The Morgan fingerprint density at radius 1 is 0.750 bits per heavy atom. The van der Waals surface area contributed by atoms with Crippen LogP contribution in [0.1, 0.15) is 39.5 Å². The first-order valence-electron chi connectivity index (χ1n) is 14.5. The van der Waals surface area contributed by atoms with E-state index >= 15 is 0 Å². The predicted molar refractivity (Wildman–Crippen MR) is 172 cm³/mol. The normalized spacial score (nSPS) is 12.7. The van der Waals surface area contributed by atoms with Crippen molar-refractivity contribution in [3.05, 3.63) is 104 Å². The van der Waals surface area contributed by atoms with Gasteiger partial charge < -0.3 is 9.88 Å². The number of pyridine rings is 1. The monoisotopic (exact) mass is 560 g/mol. The highest BCUT2D eigenvalue weighted by Crippen LogP contribution is 2.52. The SMILES string of the molecule is CCCC[Si](CCCC)(c1cccc(N2c3ccccc3Sc3ccc(-c4ncc[nH]4)cc32)c1)c1ccccn1. The molecular formula is C34H36N4SSi. The van der Waals surface area contributed by atoms with Crippen LogP contribution >= 0.6 is 11.8 Å². The number of H-pyrrole nitrogens is 1. The number of aromatic amines is 1. The van der Waals surface area contributed by atoms with E-state index < -0.39 is 8.07 Å². The van der Waals surface area contributed by atoms with Gasteiger partial charge >= 0.3 is 0 Å². The average molecular weight is 561 g/mol. The fourth-order valence-corrected chi connectivity index (χ4v) is 12.1. The first kappa shape index (κ1) is 26.6. The number of hydrogen-bond acceptors (Lipinski definition) is 4. The number of hydrogen-bond donors (Lipinski definition) is 1. The van der Waals surface area contributed by atoms with Crippen LogP contribution in [0.25, 0.3) is 11.4 Å². The smallest absolute Gasteiger partial charge is 0.141 e. The predicted octanol–water partition coefficient (Wildman–Crippen LogP) is 8.57. The molecule has 5 aromatic rings. The molecule has 0 fully saturated rings. The van der Waals surface area contributed by atoms with Crippen LogP contribution < -0.4 is 15.4 Å². The van der Waals surface area contributed by atoms with E-state index in [1.165, 1.54) is 75.1 Å². The Labute approximate surface area is 242 Å². The Kier molecular flexibility index (Phi) is 7.89. The van der Waals surface area contributed by atoms with Crippen LogP contribution in [0.2, 0.25) is 12.1 Å². The molecule has 1 aliphatic heterocycles. The number of fused-ring (bicyclic) bond motifs is 2. The molecule has 6 heteroatoms. The summed E-state index contributed by atoms with van der Waals surface area (Å²) >= 11 is 1.84. The number of para-hydroxylation sites is 1. The van der Waals surface area contributed by atoms with Crippen molar-refractivity contribution in [3.63, 3.8) is 0 Å². The molecule has 202 valence electrons. The molecule has 6 rings (SSSR count). The van der Waals surface area contributed by atoms with E-state index in [0.717, 1.165) is 11.4 Å². The molecule has 4 nitrogen and oxygen atoms in total. The summed E-state index contributed by atoms with van der Waals surface area (Å²) in [7, 11) is -2.08. The Morgan fingerprint density at radius 2 is 1.55 bits per heavy atom.